The molecule has 0 radical (unpaired) electrons. The molecule has 0 aromatic carbocycles. The average Bonchev–Trinajstić information content (AvgIpc) is 3.12. The van der Waals surface area contributed by atoms with Gasteiger partial charge in [-0.3, -0.25) is 14.8 Å². The summed E-state index contributed by atoms with van der Waals surface area (Å²) in [6.45, 7) is 5.78. The predicted octanol–water partition coefficient (Wildman–Crippen LogP) is 1.39. The molecule has 21 heavy (non-hydrogen) atoms. The largest absolute Gasteiger partial charge is 0.341 e. The SMILES string of the molecule is CC(C(=O)N1CCCCCC1)N1CCC(c2ncn[nH]2)C1. The van der Waals surface area contributed by atoms with Gasteiger partial charge in [0.05, 0.1) is 6.04 Å². The minimum atomic E-state index is -0.0176. The van der Waals surface area contributed by atoms with E-state index in [4.69, 9.17) is 0 Å². The summed E-state index contributed by atoms with van der Waals surface area (Å²) >= 11 is 0. The maximum Gasteiger partial charge on any atom is 0.239 e. The number of amides is 1. The van der Waals surface area contributed by atoms with Crippen molar-refractivity contribution in [2.45, 2.75) is 51.0 Å². The Morgan fingerprint density at radius 1 is 1.29 bits per heavy atom. The van der Waals surface area contributed by atoms with Crippen LogP contribution in [-0.2, 0) is 4.79 Å². The van der Waals surface area contributed by atoms with Gasteiger partial charge in [0.15, 0.2) is 0 Å². The minimum Gasteiger partial charge on any atom is -0.341 e. The van der Waals surface area contributed by atoms with Crippen LogP contribution in [0.25, 0.3) is 0 Å². The Morgan fingerprint density at radius 2 is 2.05 bits per heavy atom. The van der Waals surface area contributed by atoms with E-state index in [1.165, 1.54) is 12.8 Å². The number of carbonyl (C=O) groups is 1. The number of carbonyl (C=O) groups excluding carboxylic acids is 1. The van der Waals surface area contributed by atoms with Crippen molar-refractivity contribution in [2.75, 3.05) is 26.2 Å². The van der Waals surface area contributed by atoms with E-state index in [0.29, 0.717) is 11.8 Å². The molecule has 116 valence electrons. The zero-order valence-corrected chi connectivity index (χ0v) is 12.8. The molecule has 0 aliphatic carbocycles. The Morgan fingerprint density at radius 3 is 2.71 bits per heavy atom. The van der Waals surface area contributed by atoms with E-state index in [2.05, 4.69) is 31.9 Å². The first-order valence-corrected chi connectivity index (χ1v) is 8.14. The molecule has 0 spiro atoms. The van der Waals surface area contributed by atoms with Crippen LogP contribution in [-0.4, -0.2) is 63.1 Å². The molecule has 3 rings (SSSR count). The fraction of sp³-hybridized carbons (Fsp3) is 0.800. The van der Waals surface area contributed by atoms with Gasteiger partial charge >= 0.3 is 0 Å². The van der Waals surface area contributed by atoms with Crippen molar-refractivity contribution in [3.8, 4) is 0 Å². The summed E-state index contributed by atoms with van der Waals surface area (Å²) in [4.78, 5) is 21.3. The second-order valence-corrected chi connectivity index (χ2v) is 6.27. The molecule has 6 nitrogen and oxygen atoms in total. The third-order valence-electron chi connectivity index (χ3n) is 4.86. The lowest BCUT2D eigenvalue weighted by Gasteiger charge is -2.29. The number of nitrogens with zero attached hydrogens (tertiary/aromatic N) is 4. The molecule has 1 aromatic heterocycles. The van der Waals surface area contributed by atoms with Gasteiger partial charge in [0.2, 0.25) is 5.91 Å². The smallest absolute Gasteiger partial charge is 0.239 e. The molecule has 1 amide bonds. The molecule has 2 saturated heterocycles. The van der Waals surface area contributed by atoms with Crippen LogP contribution >= 0.6 is 0 Å². The Hall–Kier alpha value is -1.43. The van der Waals surface area contributed by atoms with E-state index in [0.717, 1.165) is 51.3 Å². The maximum absolute atomic E-state index is 12.7. The van der Waals surface area contributed by atoms with Crippen LogP contribution in [0.2, 0.25) is 0 Å². The molecule has 1 N–H and O–H groups in total. The van der Waals surface area contributed by atoms with Crippen molar-refractivity contribution in [1.29, 1.82) is 0 Å². The Balaban J connectivity index is 1.57. The fourth-order valence-electron chi connectivity index (χ4n) is 3.49. The van der Waals surface area contributed by atoms with Crippen LogP contribution in [0.3, 0.4) is 0 Å². The van der Waals surface area contributed by atoms with Crippen LogP contribution in [0.15, 0.2) is 6.33 Å². The number of likely N-dealkylation sites (tertiary alicyclic amines) is 2. The molecule has 2 aliphatic rings. The summed E-state index contributed by atoms with van der Waals surface area (Å²) in [7, 11) is 0. The molecule has 1 aromatic rings. The van der Waals surface area contributed by atoms with Crippen LogP contribution in [0, 0.1) is 0 Å². The summed E-state index contributed by atoms with van der Waals surface area (Å²) in [5, 5.41) is 6.88. The van der Waals surface area contributed by atoms with Crippen molar-refractivity contribution in [2.24, 2.45) is 0 Å². The van der Waals surface area contributed by atoms with E-state index in [9.17, 15) is 4.79 Å². The number of nitrogens with one attached hydrogen (secondary N) is 1. The average molecular weight is 291 g/mol. The number of H-pyrrole nitrogens is 1. The second kappa shape index (κ2) is 6.56. The topological polar surface area (TPSA) is 65.1 Å². The van der Waals surface area contributed by atoms with Crippen LogP contribution in [0.5, 0.6) is 0 Å². The highest BCUT2D eigenvalue weighted by molar-refractivity contribution is 5.81. The zero-order valence-electron chi connectivity index (χ0n) is 12.8. The third kappa shape index (κ3) is 3.26. The third-order valence-corrected chi connectivity index (χ3v) is 4.86. The van der Waals surface area contributed by atoms with Crippen LogP contribution < -0.4 is 0 Å². The molecule has 2 unspecified atom stereocenters. The van der Waals surface area contributed by atoms with Gasteiger partial charge in [0.25, 0.3) is 0 Å². The predicted molar refractivity (Wildman–Crippen MR) is 79.8 cm³/mol. The number of hydrogen-bond acceptors (Lipinski definition) is 4. The number of aromatic nitrogens is 3. The van der Waals surface area contributed by atoms with Gasteiger partial charge in [0.1, 0.15) is 12.2 Å². The Kier molecular flexibility index (Phi) is 4.53. The van der Waals surface area contributed by atoms with Gasteiger partial charge in [-0.25, -0.2) is 4.98 Å². The van der Waals surface area contributed by atoms with Crippen LogP contribution in [0.1, 0.15) is 50.8 Å². The summed E-state index contributed by atoms with van der Waals surface area (Å²) in [6, 6.07) is -0.0176. The minimum absolute atomic E-state index is 0.0176. The first-order chi connectivity index (χ1) is 10.3. The van der Waals surface area contributed by atoms with Crippen molar-refractivity contribution in [3.63, 3.8) is 0 Å². The first kappa shape index (κ1) is 14.5. The number of rotatable bonds is 3. The van der Waals surface area contributed by atoms with E-state index in [1.807, 2.05) is 0 Å². The molecule has 0 bridgehead atoms. The second-order valence-electron chi connectivity index (χ2n) is 6.27. The number of aromatic amines is 1. The van der Waals surface area contributed by atoms with Crippen LogP contribution in [0.4, 0.5) is 0 Å². The van der Waals surface area contributed by atoms with E-state index in [1.54, 1.807) is 6.33 Å². The molecular formula is C15H25N5O. The van der Waals surface area contributed by atoms with Crippen molar-refractivity contribution in [3.05, 3.63) is 12.2 Å². The maximum atomic E-state index is 12.7. The van der Waals surface area contributed by atoms with Crippen molar-refractivity contribution in [1.82, 2.24) is 25.0 Å². The van der Waals surface area contributed by atoms with Gasteiger partial charge in [-0.15, -0.1) is 0 Å². The van der Waals surface area contributed by atoms with Crippen molar-refractivity contribution < 1.29 is 4.79 Å². The van der Waals surface area contributed by atoms with Gasteiger partial charge in [0, 0.05) is 25.6 Å². The number of hydrogen-bond donors (Lipinski definition) is 1. The molecule has 0 saturated carbocycles. The van der Waals surface area contributed by atoms with E-state index >= 15 is 0 Å². The molecule has 2 atom stereocenters. The molecule has 3 heterocycles. The fourth-order valence-corrected chi connectivity index (χ4v) is 3.49. The standard InChI is InChI=1S/C15H25N5O/c1-12(15(21)19-7-4-2-3-5-8-19)20-9-6-13(10-20)14-16-11-17-18-14/h11-13H,2-10H2,1H3,(H,16,17,18). The highest BCUT2D eigenvalue weighted by atomic mass is 16.2. The highest BCUT2D eigenvalue weighted by Crippen LogP contribution is 2.26. The summed E-state index contributed by atoms with van der Waals surface area (Å²) in [5.41, 5.74) is 0. The van der Waals surface area contributed by atoms with E-state index < -0.39 is 0 Å². The van der Waals surface area contributed by atoms with Gasteiger partial charge < -0.3 is 4.90 Å². The van der Waals surface area contributed by atoms with E-state index in [-0.39, 0.29) is 6.04 Å². The Labute approximate surface area is 125 Å². The van der Waals surface area contributed by atoms with Crippen molar-refractivity contribution >= 4 is 5.91 Å². The summed E-state index contributed by atoms with van der Waals surface area (Å²) in [6.07, 6.45) is 7.43. The molecular weight excluding hydrogens is 266 g/mol. The first-order valence-electron chi connectivity index (χ1n) is 8.14. The van der Waals surface area contributed by atoms with Gasteiger partial charge in [-0.2, -0.15) is 5.10 Å². The summed E-state index contributed by atoms with van der Waals surface area (Å²) in [5.74, 6) is 1.63. The highest BCUT2D eigenvalue weighted by Gasteiger charge is 2.33. The normalized spacial score (nSPS) is 25.8. The Bertz CT molecular complexity index is 453. The van der Waals surface area contributed by atoms with Gasteiger partial charge in [-0.1, -0.05) is 12.8 Å². The lowest BCUT2D eigenvalue weighted by atomic mass is 10.1. The summed E-state index contributed by atoms with van der Waals surface area (Å²) < 4.78 is 0. The van der Waals surface area contributed by atoms with Gasteiger partial charge in [-0.05, 0) is 32.7 Å². The molecule has 2 aliphatic heterocycles. The quantitative estimate of drug-likeness (QED) is 0.914. The molecule has 6 heteroatoms. The molecule has 2 fully saturated rings. The monoisotopic (exact) mass is 291 g/mol. The lowest BCUT2D eigenvalue weighted by Crippen LogP contribution is -2.46. The zero-order chi connectivity index (χ0) is 14.7. The lowest BCUT2D eigenvalue weighted by molar-refractivity contribution is -0.136.